The number of carbonyl (C=O) groups is 1. The van der Waals surface area contributed by atoms with Crippen molar-refractivity contribution in [3.05, 3.63) is 0 Å². The first-order valence-corrected chi connectivity index (χ1v) is 4.29. The summed E-state index contributed by atoms with van der Waals surface area (Å²) < 4.78 is 4.83. The standard InChI is InChI=1S/C8H13NO2/c10-8-9-7(5-11-8)6-3-1-2-4-6/h6-7H,1-5H2,(H,9,10)/t7-/m0/s1. The number of nitrogens with one attached hydrogen (secondary N) is 1. The molecule has 0 aromatic heterocycles. The highest BCUT2D eigenvalue weighted by Crippen LogP contribution is 2.29. The average Bonchev–Trinajstić information content (AvgIpc) is 2.55. The summed E-state index contributed by atoms with van der Waals surface area (Å²) in [7, 11) is 0. The van der Waals surface area contributed by atoms with Crippen LogP contribution in [0, 0.1) is 5.92 Å². The van der Waals surface area contributed by atoms with Crippen molar-refractivity contribution < 1.29 is 9.53 Å². The predicted octanol–water partition coefficient (Wildman–Crippen LogP) is 1.28. The lowest BCUT2D eigenvalue weighted by molar-refractivity contribution is 0.175. The van der Waals surface area contributed by atoms with E-state index in [1.807, 2.05) is 0 Å². The minimum atomic E-state index is -0.234. The highest BCUT2D eigenvalue weighted by Gasteiger charge is 2.31. The van der Waals surface area contributed by atoms with Crippen LogP contribution in [0.25, 0.3) is 0 Å². The lowest BCUT2D eigenvalue weighted by Gasteiger charge is -2.14. The van der Waals surface area contributed by atoms with Gasteiger partial charge in [-0.1, -0.05) is 12.8 Å². The Bertz CT molecular complexity index is 163. The molecular weight excluding hydrogens is 142 g/mol. The zero-order valence-corrected chi connectivity index (χ0v) is 6.51. The van der Waals surface area contributed by atoms with Crippen LogP contribution in [0.15, 0.2) is 0 Å². The number of hydrogen-bond donors (Lipinski definition) is 1. The van der Waals surface area contributed by atoms with Crippen LogP contribution >= 0.6 is 0 Å². The molecule has 0 bridgehead atoms. The monoisotopic (exact) mass is 155 g/mol. The quantitative estimate of drug-likeness (QED) is 0.619. The first kappa shape index (κ1) is 6.95. The second kappa shape index (κ2) is 2.72. The maximum absolute atomic E-state index is 10.7. The van der Waals surface area contributed by atoms with E-state index < -0.39 is 0 Å². The van der Waals surface area contributed by atoms with E-state index in [1.165, 1.54) is 25.7 Å². The van der Waals surface area contributed by atoms with Crippen LogP contribution in [0.3, 0.4) is 0 Å². The molecule has 1 saturated carbocycles. The van der Waals surface area contributed by atoms with Gasteiger partial charge < -0.3 is 10.1 Å². The third-order valence-electron chi connectivity index (χ3n) is 2.67. The molecule has 0 unspecified atom stereocenters. The van der Waals surface area contributed by atoms with E-state index >= 15 is 0 Å². The predicted molar refractivity (Wildman–Crippen MR) is 40.2 cm³/mol. The van der Waals surface area contributed by atoms with E-state index in [4.69, 9.17) is 4.74 Å². The number of alkyl carbamates (subject to hydrolysis) is 1. The Hall–Kier alpha value is -0.730. The summed E-state index contributed by atoms with van der Waals surface area (Å²) >= 11 is 0. The summed E-state index contributed by atoms with van der Waals surface area (Å²) in [6, 6.07) is 0.310. The lowest BCUT2D eigenvalue weighted by Crippen LogP contribution is -2.32. The van der Waals surface area contributed by atoms with Crippen LogP contribution in [-0.2, 0) is 4.74 Å². The Morgan fingerprint density at radius 3 is 2.64 bits per heavy atom. The molecule has 1 atom stereocenters. The van der Waals surface area contributed by atoms with Gasteiger partial charge in [0.1, 0.15) is 6.61 Å². The van der Waals surface area contributed by atoms with Crippen molar-refractivity contribution in [1.82, 2.24) is 5.32 Å². The second-order valence-corrected chi connectivity index (χ2v) is 3.39. The normalized spacial score (nSPS) is 32.0. The van der Waals surface area contributed by atoms with Crippen molar-refractivity contribution in [3.8, 4) is 0 Å². The third-order valence-corrected chi connectivity index (χ3v) is 2.67. The number of cyclic esters (lactones) is 1. The molecule has 0 radical (unpaired) electrons. The van der Waals surface area contributed by atoms with E-state index in [1.54, 1.807) is 0 Å². The van der Waals surface area contributed by atoms with Crippen molar-refractivity contribution in [2.75, 3.05) is 6.61 Å². The van der Waals surface area contributed by atoms with Gasteiger partial charge in [0, 0.05) is 0 Å². The first-order valence-electron chi connectivity index (χ1n) is 4.29. The topological polar surface area (TPSA) is 38.3 Å². The van der Waals surface area contributed by atoms with Crippen LogP contribution in [0.5, 0.6) is 0 Å². The molecule has 1 amide bonds. The number of rotatable bonds is 1. The van der Waals surface area contributed by atoms with E-state index in [-0.39, 0.29) is 6.09 Å². The van der Waals surface area contributed by atoms with Gasteiger partial charge in [-0.2, -0.15) is 0 Å². The fraction of sp³-hybridized carbons (Fsp3) is 0.875. The Balaban J connectivity index is 1.90. The molecule has 62 valence electrons. The Kier molecular flexibility index (Phi) is 1.72. The zero-order valence-electron chi connectivity index (χ0n) is 6.51. The fourth-order valence-electron chi connectivity index (χ4n) is 2.01. The molecule has 2 rings (SSSR count). The zero-order chi connectivity index (χ0) is 7.68. The molecule has 1 saturated heterocycles. The van der Waals surface area contributed by atoms with Crippen molar-refractivity contribution in [3.63, 3.8) is 0 Å². The van der Waals surface area contributed by atoms with Gasteiger partial charge in [-0.15, -0.1) is 0 Å². The maximum Gasteiger partial charge on any atom is 0.407 e. The summed E-state index contributed by atoms with van der Waals surface area (Å²) in [6.07, 6.45) is 4.92. The SMILES string of the molecule is O=C1N[C@H](C2CCCC2)CO1. The highest BCUT2D eigenvalue weighted by atomic mass is 16.6. The van der Waals surface area contributed by atoms with E-state index in [0.29, 0.717) is 18.6 Å². The smallest absolute Gasteiger partial charge is 0.407 e. The molecule has 1 N–H and O–H groups in total. The van der Waals surface area contributed by atoms with Crippen molar-refractivity contribution in [1.29, 1.82) is 0 Å². The van der Waals surface area contributed by atoms with Crippen molar-refractivity contribution >= 4 is 6.09 Å². The van der Waals surface area contributed by atoms with Gasteiger partial charge in [0.2, 0.25) is 0 Å². The number of amides is 1. The van der Waals surface area contributed by atoms with Crippen LogP contribution in [0.4, 0.5) is 4.79 Å². The number of carbonyl (C=O) groups excluding carboxylic acids is 1. The molecule has 1 aliphatic heterocycles. The van der Waals surface area contributed by atoms with Gasteiger partial charge in [0.05, 0.1) is 6.04 Å². The number of ether oxygens (including phenoxy) is 1. The minimum absolute atomic E-state index is 0.234. The molecule has 0 aromatic rings. The molecule has 0 aromatic carbocycles. The largest absolute Gasteiger partial charge is 0.447 e. The molecule has 1 heterocycles. The van der Waals surface area contributed by atoms with Crippen LogP contribution < -0.4 is 5.32 Å². The molecule has 11 heavy (non-hydrogen) atoms. The summed E-state index contributed by atoms with van der Waals surface area (Å²) in [4.78, 5) is 10.7. The van der Waals surface area contributed by atoms with Gasteiger partial charge in [-0.05, 0) is 18.8 Å². The van der Waals surface area contributed by atoms with Gasteiger partial charge in [0.15, 0.2) is 0 Å². The van der Waals surface area contributed by atoms with Crippen LogP contribution in [-0.4, -0.2) is 18.7 Å². The highest BCUT2D eigenvalue weighted by molar-refractivity contribution is 5.69. The number of hydrogen-bond acceptors (Lipinski definition) is 2. The van der Waals surface area contributed by atoms with E-state index in [9.17, 15) is 4.79 Å². The third kappa shape index (κ3) is 1.32. The fourth-order valence-corrected chi connectivity index (χ4v) is 2.01. The molecule has 0 spiro atoms. The molecule has 3 nitrogen and oxygen atoms in total. The van der Waals surface area contributed by atoms with E-state index in [2.05, 4.69) is 5.32 Å². The summed E-state index contributed by atoms with van der Waals surface area (Å²) in [6.45, 7) is 0.587. The summed E-state index contributed by atoms with van der Waals surface area (Å²) in [5, 5.41) is 2.83. The maximum atomic E-state index is 10.7. The van der Waals surface area contributed by atoms with Gasteiger partial charge >= 0.3 is 6.09 Å². The molecule has 1 aliphatic carbocycles. The summed E-state index contributed by atoms with van der Waals surface area (Å²) in [5.74, 6) is 0.682. The van der Waals surface area contributed by atoms with Gasteiger partial charge in [-0.3, -0.25) is 0 Å². The molecule has 3 heteroatoms. The minimum Gasteiger partial charge on any atom is -0.447 e. The molecular formula is C8H13NO2. The van der Waals surface area contributed by atoms with Crippen LogP contribution in [0.1, 0.15) is 25.7 Å². The first-order chi connectivity index (χ1) is 5.36. The average molecular weight is 155 g/mol. The lowest BCUT2D eigenvalue weighted by atomic mass is 10.00. The van der Waals surface area contributed by atoms with Crippen molar-refractivity contribution in [2.24, 2.45) is 5.92 Å². The van der Waals surface area contributed by atoms with Crippen LogP contribution in [0.2, 0.25) is 0 Å². The van der Waals surface area contributed by atoms with E-state index in [0.717, 1.165) is 0 Å². The second-order valence-electron chi connectivity index (χ2n) is 3.39. The molecule has 2 aliphatic rings. The van der Waals surface area contributed by atoms with Gasteiger partial charge in [0.25, 0.3) is 0 Å². The summed E-state index contributed by atoms with van der Waals surface area (Å²) in [5.41, 5.74) is 0. The van der Waals surface area contributed by atoms with Gasteiger partial charge in [-0.25, -0.2) is 4.79 Å². The van der Waals surface area contributed by atoms with Crippen molar-refractivity contribution in [2.45, 2.75) is 31.7 Å². The Morgan fingerprint density at radius 1 is 1.36 bits per heavy atom. The Morgan fingerprint density at radius 2 is 2.09 bits per heavy atom. The Labute approximate surface area is 66.1 Å². The molecule has 2 fully saturated rings.